The lowest BCUT2D eigenvalue weighted by atomic mass is 10.1. The molecule has 1 heterocycles. The molecule has 0 bridgehead atoms. The average Bonchev–Trinajstić information content (AvgIpc) is 2.91. The molecule has 10 heteroatoms. The molecule has 31 heavy (non-hydrogen) atoms. The number of halogens is 4. The predicted octanol–water partition coefficient (Wildman–Crippen LogP) is 4.24. The summed E-state index contributed by atoms with van der Waals surface area (Å²) >= 11 is 0. The molecule has 0 amide bonds. The number of benzene rings is 1. The summed E-state index contributed by atoms with van der Waals surface area (Å²) in [5.74, 6) is 0.811. The van der Waals surface area contributed by atoms with E-state index in [0.717, 1.165) is 29.9 Å². The van der Waals surface area contributed by atoms with Crippen molar-refractivity contribution in [3.8, 4) is 5.75 Å². The molecule has 1 atom stereocenters. The summed E-state index contributed by atoms with van der Waals surface area (Å²) in [6.45, 7) is 9.26. The molecule has 0 saturated carbocycles. The van der Waals surface area contributed by atoms with Crippen LogP contribution in [0.5, 0.6) is 5.75 Å². The number of nitrogens with one attached hydrogen (secondary N) is 2. The largest absolute Gasteiger partial charge is 0.492 e. The second-order valence-electron chi connectivity index (χ2n) is 7.16. The third-order valence-corrected chi connectivity index (χ3v) is 4.69. The number of guanidine groups is 1. The molecule has 0 saturated heterocycles. The number of hydrogen-bond acceptors (Lipinski definition) is 3. The first kappa shape index (κ1) is 27.1. The fraction of sp³-hybridized carbons (Fsp3) is 0.524. The summed E-state index contributed by atoms with van der Waals surface area (Å²) in [6, 6.07) is 4.97. The van der Waals surface area contributed by atoms with Crippen LogP contribution in [0.1, 0.15) is 36.4 Å². The molecule has 174 valence electrons. The van der Waals surface area contributed by atoms with Gasteiger partial charge in [-0.05, 0) is 57.9 Å². The minimum absolute atomic E-state index is 0. The van der Waals surface area contributed by atoms with Gasteiger partial charge >= 0.3 is 6.18 Å². The molecule has 0 aliphatic heterocycles. The van der Waals surface area contributed by atoms with Crippen molar-refractivity contribution in [2.45, 2.75) is 46.3 Å². The van der Waals surface area contributed by atoms with Crippen molar-refractivity contribution in [1.82, 2.24) is 20.4 Å². The van der Waals surface area contributed by atoms with E-state index in [1.54, 1.807) is 0 Å². The molecule has 1 unspecified atom stereocenters. The summed E-state index contributed by atoms with van der Waals surface area (Å²) in [5, 5.41) is 11.0. The van der Waals surface area contributed by atoms with Crippen LogP contribution in [0, 0.1) is 13.8 Å². The molecule has 0 spiro atoms. The second-order valence-corrected chi connectivity index (χ2v) is 7.16. The number of ether oxygens (including phenoxy) is 1. The number of aromatic nitrogens is 2. The number of aryl methyl sites for hydroxylation is 2. The van der Waals surface area contributed by atoms with Gasteiger partial charge < -0.3 is 15.4 Å². The Labute approximate surface area is 198 Å². The van der Waals surface area contributed by atoms with Crippen LogP contribution in [0.3, 0.4) is 0 Å². The van der Waals surface area contributed by atoms with Crippen molar-refractivity contribution in [3.63, 3.8) is 0 Å². The third-order valence-electron chi connectivity index (χ3n) is 4.69. The molecule has 0 radical (unpaired) electrons. The van der Waals surface area contributed by atoms with E-state index < -0.39 is 11.7 Å². The summed E-state index contributed by atoms with van der Waals surface area (Å²) in [5.41, 5.74) is 2.63. The van der Waals surface area contributed by atoms with E-state index in [1.807, 2.05) is 32.5 Å². The van der Waals surface area contributed by atoms with Gasteiger partial charge in [0.2, 0.25) is 0 Å². The van der Waals surface area contributed by atoms with Crippen LogP contribution in [0.25, 0.3) is 0 Å². The van der Waals surface area contributed by atoms with Crippen molar-refractivity contribution in [2.24, 2.45) is 12.0 Å². The van der Waals surface area contributed by atoms with Crippen LogP contribution in [0.4, 0.5) is 13.2 Å². The first-order valence-corrected chi connectivity index (χ1v) is 9.95. The lowest BCUT2D eigenvalue weighted by Crippen LogP contribution is -2.43. The highest BCUT2D eigenvalue weighted by Crippen LogP contribution is 2.31. The number of nitrogens with zero attached hydrogens (tertiary/aromatic N) is 3. The van der Waals surface area contributed by atoms with Gasteiger partial charge in [-0.25, -0.2) is 4.99 Å². The highest BCUT2D eigenvalue weighted by atomic mass is 127. The van der Waals surface area contributed by atoms with Crippen molar-refractivity contribution < 1.29 is 17.9 Å². The van der Waals surface area contributed by atoms with Crippen LogP contribution in [0.15, 0.2) is 29.3 Å². The molecule has 0 fully saturated rings. The number of rotatable bonds is 8. The third kappa shape index (κ3) is 8.23. The van der Waals surface area contributed by atoms with Gasteiger partial charge in [-0.3, -0.25) is 4.68 Å². The number of alkyl halides is 3. The topological polar surface area (TPSA) is 63.5 Å². The van der Waals surface area contributed by atoms with Crippen LogP contribution in [-0.2, 0) is 19.6 Å². The number of hydrogen-bond donors (Lipinski definition) is 2. The van der Waals surface area contributed by atoms with Crippen LogP contribution in [0.2, 0.25) is 0 Å². The van der Waals surface area contributed by atoms with Gasteiger partial charge in [-0.1, -0.05) is 6.07 Å². The lowest BCUT2D eigenvalue weighted by molar-refractivity contribution is -0.137. The van der Waals surface area contributed by atoms with Gasteiger partial charge in [-0.15, -0.1) is 24.0 Å². The van der Waals surface area contributed by atoms with Gasteiger partial charge in [-0.2, -0.15) is 18.3 Å². The molecule has 2 aromatic rings. The summed E-state index contributed by atoms with van der Waals surface area (Å²) in [4.78, 5) is 4.46. The maximum atomic E-state index is 12.8. The first-order valence-electron chi connectivity index (χ1n) is 9.95. The van der Waals surface area contributed by atoms with Crippen molar-refractivity contribution >= 4 is 29.9 Å². The summed E-state index contributed by atoms with van der Waals surface area (Å²) < 4.78 is 45.6. The Bertz CT molecular complexity index is 867. The summed E-state index contributed by atoms with van der Waals surface area (Å²) in [6.07, 6.45) is -3.59. The Morgan fingerprint density at radius 3 is 2.58 bits per heavy atom. The normalized spacial score (nSPS) is 12.8. The zero-order chi connectivity index (χ0) is 22.3. The van der Waals surface area contributed by atoms with E-state index >= 15 is 0 Å². The van der Waals surface area contributed by atoms with Gasteiger partial charge in [0.05, 0.1) is 17.8 Å². The smallest absolute Gasteiger partial charge is 0.416 e. The van der Waals surface area contributed by atoms with Crippen molar-refractivity contribution in [1.29, 1.82) is 0 Å². The molecule has 0 aliphatic rings. The molecule has 0 aliphatic carbocycles. The molecule has 1 aromatic heterocycles. The number of aliphatic imine (C=N–C) groups is 1. The zero-order valence-corrected chi connectivity index (χ0v) is 20.8. The SMILES string of the molecule is CCNC(=NCCOc1cccc(C(F)(F)F)c1)NC(C)Cc1c(C)nn(C)c1C.I. The maximum absolute atomic E-state index is 12.8. The molecule has 2 rings (SSSR count). The van der Waals surface area contributed by atoms with Gasteiger partial charge in [0.15, 0.2) is 5.96 Å². The average molecular weight is 553 g/mol. The van der Waals surface area contributed by atoms with E-state index in [4.69, 9.17) is 4.74 Å². The quantitative estimate of drug-likeness (QED) is 0.222. The highest BCUT2D eigenvalue weighted by molar-refractivity contribution is 14.0. The van der Waals surface area contributed by atoms with E-state index in [-0.39, 0.29) is 42.4 Å². The van der Waals surface area contributed by atoms with Crippen molar-refractivity contribution in [2.75, 3.05) is 19.7 Å². The van der Waals surface area contributed by atoms with Gasteiger partial charge in [0.1, 0.15) is 12.4 Å². The van der Waals surface area contributed by atoms with Crippen LogP contribution >= 0.6 is 24.0 Å². The fourth-order valence-electron chi connectivity index (χ4n) is 3.11. The van der Waals surface area contributed by atoms with Crippen molar-refractivity contribution in [3.05, 3.63) is 46.8 Å². The second kappa shape index (κ2) is 12.2. The van der Waals surface area contributed by atoms with E-state index in [9.17, 15) is 13.2 Å². The Morgan fingerprint density at radius 2 is 2.00 bits per heavy atom. The Kier molecular flexibility index (Phi) is 10.6. The van der Waals surface area contributed by atoms with Crippen LogP contribution < -0.4 is 15.4 Å². The molecular weight excluding hydrogens is 522 g/mol. The lowest BCUT2D eigenvalue weighted by Gasteiger charge is -2.18. The Morgan fingerprint density at radius 1 is 1.29 bits per heavy atom. The minimum Gasteiger partial charge on any atom is -0.492 e. The molecule has 1 aromatic carbocycles. The maximum Gasteiger partial charge on any atom is 0.416 e. The van der Waals surface area contributed by atoms with E-state index in [1.165, 1.54) is 17.7 Å². The van der Waals surface area contributed by atoms with Gasteiger partial charge in [0, 0.05) is 25.3 Å². The Balaban J connectivity index is 0.00000480. The zero-order valence-electron chi connectivity index (χ0n) is 18.5. The monoisotopic (exact) mass is 553 g/mol. The Hall–Kier alpha value is -1.98. The minimum atomic E-state index is -4.39. The summed E-state index contributed by atoms with van der Waals surface area (Å²) in [7, 11) is 1.93. The molecular formula is C21H31F3IN5O. The first-order chi connectivity index (χ1) is 14.1. The highest BCUT2D eigenvalue weighted by Gasteiger charge is 2.30. The fourth-order valence-corrected chi connectivity index (χ4v) is 3.11. The van der Waals surface area contributed by atoms with E-state index in [2.05, 4.69) is 27.6 Å². The van der Waals surface area contributed by atoms with Crippen LogP contribution in [-0.4, -0.2) is 41.5 Å². The standard InChI is InChI=1S/C21H30F3N5O.HI/c1-6-25-20(27-14(2)12-19-15(3)28-29(5)16(19)4)26-10-11-30-18-9-7-8-17(13-18)21(22,23)24;/h7-9,13-14H,6,10-12H2,1-5H3,(H2,25,26,27);1H. The predicted molar refractivity (Wildman–Crippen MR) is 127 cm³/mol. The van der Waals surface area contributed by atoms with E-state index in [0.29, 0.717) is 19.0 Å². The molecule has 2 N–H and O–H groups in total. The molecule has 6 nitrogen and oxygen atoms in total. The van der Waals surface area contributed by atoms with Gasteiger partial charge in [0.25, 0.3) is 0 Å².